The van der Waals surface area contributed by atoms with Gasteiger partial charge in [0.15, 0.2) is 5.82 Å². The van der Waals surface area contributed by atoms with Crippen LogP contribution in [0.25, 0.3) is 0 Å². The molecule has 1 rings (SSSR count). The highest BCUT2D eigenvalue weighted by Gasteiger charge is 2.09. The van der Waals surface area contributed by atoms with Gasteiger partial charge in [-0.3, -0.25) is 4.79 Å². The van der Waals surface area contributed by atoms with E-state index in [0.717, 1.165) is 12.1 Å². The molecule has 0 radical (unpaired) electrons. The van der Waals surface area contributed by atoms with E-state index in [9.17, 15) is 13.6 Å². The lowest BCUT2D eigenvalue weighted by molar-refractivity contribution is -0.141. The molecule has 0 amide bonds. The van der Waals surface area contributed by atoms with E-state index in [0.29, 0.717) is 0 Å². The quantitative estimate of drug-likeness (QED) is 0.463. The van der Waals surface area contributed by atoms with Crippen LogP contribution < -0.4 is 0 Å². The molecule has 0 saturated heterocycles. The predicted molar refractivity (Wildman–Crippen MR) is 59.5 cm³/mol. The monoisotopic (exact) mass is 258 g/mol. The van der Waals surface area contributed by atoms with Gasteiger partial charge in [-0.25, -0.2) is 8.78 Å². The Morgan fingerprint density at radius 2 is 2.18 bits per heavy atom. The second-order valence-corrected chi connectivity index (χ2v) is 3.38. The van der Waals surface area contributed by atoms with Crippen LogP contribution in [0.15, 0.2) is 12.1 Å². The minimum Gasteiger partial charge on any atom is -0.465 e. The third-order valence-electron chi connectivity index (χ3n) is 1.80. The summed E-state index contributed by atoms with van der Waals surface area (Å²) in [6.45, 7) is 1.93. The number of esters is 1. The summed E-state index contributed by atoms with van der Waals surface area (Å²) < 4.78 is 30.8. The molecule has 1 aromatic carbocycles. The first-order valence-corrected chi connectivity index (χ1v) is 5.22. The maximum absolute atomic E-state index is 13.3. The summed E-state index contributed by atoms with van der Waals surface area (Å²) >= 11 is 5.36. The lowest BCUT2D eigenvalue weighted by Gasteiger charge is -1.98. The molecular formula is C12H9ClF2O2. The van der Waals surface area contributed by atoms with Crippen molar-refractivity contribution in [3.63, 3.8) is 0 Å². The zero-order valence-corrected chi connectivity index (χ0v) is 9.78. The maximum atomic E-state index is 13.3. The van der Waals surface area contributed by atoms with Crippen molar-refractivity contribution in [2.75, 3.05) is 6.61 Å². The van der Waals surface area contributed by atoms with Crippen LogP contribution in [-0.4, -0.2) is 12.6 Å². The molecule has 1 aromatic rings. The van der Waals surface area contributed by atoms with Crippen LogP contribution in [0.4, 0.5) is 8.78 Å². The Morgan fingerprint density at radius 3 is 2.82 bits per heavy atom. The second-order valence-electron chi connectivity index (χ2n) is 3.01. The molecule has 17 heavy (non-hydrogen) atoms. The van der Waals surface area contributed by atoms with Gasteiger partial charge in [0.25, 0.3) is 0 Å². The number of halogens is 3. The lowest BCUT2D eigenvalue weighted by Crippen LogP contribution is -2.01. The van der Waals surface area contributed by atoms with Crippen molar-refractivity contribution in [3.05, 3.63) is 34.4 Å². The fraction of sp³-hybridized carbons (Fsp3) is 0.250. The standard InChI is InChI=1S/C12H9ClF2O2/c1-2-17-10(16)5-3-4-8-6-7-9(14)11(13)12(8)15/h6-7H,2,5H2,1H3. The van der Waals surface area contributed by atoms with Crippen molar-refractivity contribution in [2.45, 2.75) is 13.3 Å². The first-order valence-electron chi connectivity index (χ1n) is 4.84. The minimum absolute atomic E-state index is 0.0549. The van der Waals surface area contributed by atoms with Crippen LogP contribution in [0.5, 0.6) is 0 Å². The van der Waals surface area contributed by atoms with Crippen molar-refractivity contribution >= 4 is 17.6 Å². The minimum atomic E-state index is -0.928. The fourth-order valence-corrected chi connectivity index (χ4v) is 1.21. The van der Waals surface area contributed by atoms with Crippen molar-refractivity contribution < 1.29 is 18.3 Å². The molecule has 2 nitrogen and oxygen atoms in total. The summed E-state index contributed by atoms with van der Waals surface area (Å²) in [5.41, 5.74) is -0.0549. The first-order chi connectivity index (χ1) is 8.06. The van der Waals surface area contributed by atoms with E-state index >= 15 is 0 Å². The zero-order chi connectivity index (χ0) is 12.8. The molecule has 0 fully saturated rings. The van der Waals surface area contributed by atoms with Crippen LogP contribution in [0.1, 0.15) is 18.9 Å². The van der Waals surface area contributed by atoms with Crippen molar-refractivity contribution in [1.29, 1.82) is 0 Å². The molecule has 0 aromatic heterocycles. The highest BCUT2D eigenvalue weighted by molar-refractivity contribution is 6.31. The van der Waals surface area contributed by atoms with Gasteiger partial charge >= 0.3 is 5.97 Å². The zero-order valence-electron chi connectivity index (χ0n) is 9.02. The topological polar surface area (TPSA) is 26.3 Å². The van der Waals surface area contributed by atoms with E-state index in [4.69, 9.17) is 11.6 Å². The summed E-state index contributed by atoms with van der Waals surface area (Å²) in [4.78, 5) is 10.9. The Labute approximate surface area is 103 Å². The smallest absolute Gasteiger partial charge is 0.317 e. The Hall–Kier alpha value is -1.60. The van der Waals surface area contributed by atoms with Gasteiger partial charge < -0.3 is 4.74 Å². The second kappa shape index (κ2) is 6.21. The molecule has 0 aliphatic heterocycles. The van der Waals surface area contributed by atoms with E-state index < -0.39 is 22.6 Å². The van der Waals surface area contributed by atoms with Crippen molar-refractivity contribution in [1.82, 2.24) is 0 Å². The van der Waals surface area contributed by atoms with Gasteiger partial charge in [0.2, 0.25) is 0 Å². The van der Waals surface area contributed by atoms with Gasteiger partial charge in [0, 0.05) is 0 Å². The maximum Gasteiger partial charge on any atom is 0.317 e. The van der Waals surface area contributed by atoms with Crippen molar-refractivity contribution in [3.8, 4) is 11.8 Å². The number of rotatable bonds is 2. The third kappa shape index (κ3) is 3.72. The SMILES string of the molecule is CCOC(=O)CC#Cc1ccc(F)c(Cl)c1F. The van der Waals surface area contributed by atoms with E-state index in [1.807, 2.05) is 0 Å². The Morgan fingerprint density at radius 1 is 1.47 bits per heavy atom. The summed E-state index contributed by atoms with van der Waals surface area (Å²) in [6.07, 6.45) is -0.151. The largest absolute Gasteiger partial charge is 0.465 e. The van der Waals surface area contributed by atoms with Gasteiger partial charge in [0.1, 0.15) is 17.3 Å². The van der Waals surface area contributed by atoms with E-state index in [-0.39, 0.29) is 18.6 Å². The van der Waals surface area contributed by atoms with Crippen LogP contribution in [0, 0.1) is 23.5 Å². The first kappa shape index (κ1) is 13.5. The van der Waals surface area contributed by atoms with Gasteiger partial charge in [-0.05, 0) is 19.1 Å². The molecule has 0 atom stereocenters. The van der Waals surface area contributed by atoms with E-state index in [1.54, 1.807) is 6.92 Å². The Bertz CT molecular complexity index is 489. The number of ether oxygens (including phenoxy) is 1. The van der Waals surface area contributed by atoms with Crippen LogP contribution in [0.2, 0.25) is 5.02 Å². The highest BCUT2D eigenvalue weighted by atomic mass is 35.5. The summed E-state index contributed by atoms with van der Waals surface area (Å²) in [5.74, 6) is 2.55. The highest BCUT2D eigenvalue weighted by Crippen LogP contribution is 2.21. The molecule has 0 heterocycles. The summed E-state index contributed by atoms with van der Waals surface area (Å²) in [6, 6.07) is 2.18. The van der Waals surface area contributed by atoms with Crippen molar-refractivity contribution in [2.24, 2.45) is 0 Å². The molecule has 5 heteroatoms. The number of hydrogen-bond acceptors (Lipinski definition) is 2. The number of carbonyl (C=O) groups excluding carboxylic acids is 1. The van der Waals surface area contributed by atoms with Gasteiger partial charge in [-0.2, -0.15) is 0 Å². The Balaban J connectivity index is 2.79. The van der Waals surface area contributed by atoms with E-state index in [2.05, 4.69) is 16.6 Å². The van der Waals surface area contributed by atoms with Gasteiger partial charge in [-0.15, -0.1) is 0 Å². The number of hydrogen-bond donors (Lipinski definition) is 0. The number of carbonyl (C=O) groups is 1. The molecule has 90 valence electrons. The molecule has 0 unspecified atom stereocenters. The molecule has 0 saturated carbocycles. The Kier molecular flexibility index (Phi) is 4.92. The van der Waals surface area contributed by atoms with Crippen LogP contribution in [-0.2, 0) is 9.53 Å². The summed E-state index contributed by atoms with van der Waals surface area (Å²) in [5, 5.41) is -0.604. The van der Waals surface area contributed by atoms with Gasteiger partial charge in [0.05, 0.1) is 12.2 Å². The third-order valence-corrected chi connectivity index (χ3v) is 2.14. The molecular weight excluding hydrogens is 250 g/mol. The number of benzene rings is 1. The van der Waals surface area contributed by atoms with Gasteiger partial charge in [-0.1, -0.05) is 23.4 Å². The average molecular weight is 259 g/mol. The molecule has 0 aliphatic rings. The average Bonchev–Trinajstić information content (AvgIpc) is 2.29. The molecule has 0 aliphatic carbocycles. The lowest BCUT2D eigenvalue weighted by atomic mass is 10.2. The predicted octanol–water partition coefficient (Wildman–Crippen LogP) is 2.92. The normalized spacial score (nSPS) is 9.41. The van der Waals surface area contributed by atoms with E-state index in [1.165, 1.54) is 0 Å². The fourth-order valence-electron chi connectivity index (χ4n) is 1.05. The van der Waals surface area contributed by atoms with Crippen LogP contribution in [0.3, 0.4) is 0 Å². The summed E-state index contributed by atoms with van der Waals surface area (Å²) in [7, 11) is 0. The molecule has 0 N–H and O–H groups in total. The molecule has 0 bridgehead atoms. The molecule has 0 spiro atoms. The van der Waals surface area contributed by atoms with Crippen LogP contribution >= 0.6 is 11.6 Å².